The minimum Gasteiger partial charge on any atom is -0.489 e. The van der Waals surface area contributed by atoms with Crippen molar-refractivity contribution in [2.45, 2.75) is 39.4 Å². The van der Waals surface area contributed by atoms with Gasteiger partial charge in [-0.3, -0.25) is 4.79 Å². The summed E-state index contributed by atoms with van der Waals surface area (Å²) < 4.78 is 5.57. The molecule has 0 unspecified atom stereocenters. The molecule has 0 radical (unpaired) electrons. The number of amides is 1. The molecule has 5 heteroatoms. The van der Waals surface area contributed by atoms with Crippen molar-refractivity contribution in [3.8, 4) is 5.75 Å². The molecule has 0 aliphatic rings. The number of likely N-dealkylation sites (N-methyl/N-ethyl adjacent to an activating group) is 1. The summed E-state index contributed by atoms with van der Waals surface area (Å²) in [5.74, 6) is 0.198. The van der Waals surface area contributed by atoms with Crippen molar-refractivity contribution in [2.24, 2.45) is 0 Å². The molecule has 0 saturated carbocycles. The van der Waals surface area contributed by atoms with Gasteiger partial charge in [-0.2, -0.15) is 0 Å². The van der Waals surface area contributed by atoms with Gasteiger partial charge in [0.2, 0.25) is 0 Å². The van der Waals surface area contributed by atoms with Gasteiger partial charge in [-0.15, -0.1) is 0 Å². The summed E-state index contributed by atoms with van der Waals surface area (Å²) in [6, 6.07) is 3.45. The number of hydrogen-bond acceptors (Lipinski definition) is 4. The maximum Gasteiger partial charge on any atom is 0.276 e. The number of carbonyl (C=O) groups excluding carboxylic acids is 1. The van der Waals surface area contributed by atoms with Crippen molar-refractivity contribution in [1.29, 1.82) is 0 Å². The Hall–Kier alpha value is -1.62. The molecule has 1 rings (SSSR count). The zero-order chi connectivity index (χ0) is 14.6. The molecule has 0 fully saturated rings. The zero-order valence-corrected chi connectivity index (χ0v) is 12.2. The summed E-state index contributed by atoms with van der Waals surface area (Å²) in [5.41, 5.74) is -0.680. The quantitative estimate of drug-likeness (QED) is 0.881. The predicted molar refractivity (Wildman–Crippen MR) is 73.3 cm³/mol. The molecule has 1 N–H and O–H groups in total. The number of aromatic nitrogens is 1. The van der Waals surface area contributed by atoms with Gasteiger partial charge in [0.05, 0.1) is 11.7 Å². The molecule has 0 spiro atoms. The van der Waals surface area contributed by atoms with E-state index in [1.54, 1.807) is 39.2 Å². The Kier molecular flexibility index (Phi) is 4.89. The van der Waals surface area contributed by atoms with E-state index in [0.717, 1.165) is 0 Å². The largest absolute Gasteiger partial charge is 0.489 e. The van der Waals surface area contributed by atoms with Crippen molar-refractivity contribution in [3.05, 3.63) is 24.0 Å². The lowest BCUT2D eigenvalue weighted by Crippen LogP contribution is -2.40. The van der Waals surface area contributed by atoms with Crippen molar-refractivity contribution in [1.82, 2.24) is 9.88 Å². The number of pyridine rings is 1. The molecule has 0 aliphatic heterocycles. The molecule has 1 aromatic heterocycles. The predicted octanol–water partition coefficient (Wildman–Crippen LogP) is 1.71. The van der Waals surface area contributed by atoms with Gasteiger partial charge in [-0.05, 0) is 39.8 Å². The number of ether oxygens (including phenoxy) is 1. The third kappa shape index (κ3) is 4.87. The van der Waals surface area contributed by atoms with E-state index in [0.29, 0.717) is 5.75 Å². The van der Waals surface area contributed by atoms with E-state index >= 15 is 0 Å². The summed E-state index contributed by atoms with van der Waals surface area (Å²) in [5, 5.41) is 9.75. The van der Waals surface area contributed by atoms with Gasteiger partial charge in [0.15, 0.2) is 11.4 Å². The highest BCUT2D eigenvalue weighted by molar-refractivity contribution is 5.94. The molecule has 5 nitrogen and oxygen atoms in total. The summed E-state index contributed by atoms with van der Waals surface area (Å²) in [6.07, 6.45) is 1.52. The van der Waals surface area contributed by atoms with Gasteiger partial charge in [-0.25, -0.2) is 4.98 Å². The number of rotatable bonds is 5. The van der Waals surface area contributed by atoms with Gasteiger partial charge < -0.3 is 14.7 Å². The first-order chi connectivity index (χ1) is 8.70. The molecule has 0 aliphatic carbocycles. The molecule has 0 atom stereocenters. The first-order valence-corrected chi connectivity index (χ1v) is 6.30. The first kappa shape index (κ1) is 15.4. The van der Waals surface area contributed by atoms with Crippen LogP contribution in [0.25, 0.3) is 0 Å². The fourth-order valence-corrected chi connectivity index (χ4v) is 1.73. The van der Waals surface area contributed by atoms with Crippen LogP contribution in [0.4, 0.5) is 0 Å². The van der Waals surface area contributed by atoms with Crippen LogP contribution >= 0.6 is 0 Å². The molecule has 106 valence electrons. The highest BCUT2D eigenvalue weighted by atomic mass is 16.5. The second-order valence-electron chi connectivity index (χ2n) is 5.49. The van der Waals surface area contributed by atoms with Gasteiger partial charge in [0.25, 0.3) is 5.91 Å². The Morgan fingerprint density at radius 2 is 2.16 bits per heavy atom. The summed E-state index contributed by atoms with van der Waals surface area (Å²) >= 11 is 0. The van der Waals surface area contributed by atoms with Gasteiger partial charge in [-0.1, -0.05) is 0 Å². The smallest absolute Gasteiger partial charge is 0.276 e. The van der Waals surface area contributed by atoms with E-state index in [9.17, 15) is 9.90 Å². The lowest BCUT2D eigenvalue weighted by atomic mass is 10.1. The molecule has 19 heavy (non-hydrogen) atoms. The second kappa shape index (κ2) is 6.02. The van der Waals surface area contributed by atoms with Crippen molar-refractivity contribution < 1.29 is 14.6 Å². The van der Waals surface area contributed by atoms with Crippen molar-refractivity contribution >= 4 is 5.91 Å². The third-order valence-electron chi connectivity index (χ3n) is 2.31. The molecular formula is C14H22N2O3. The van der Waals surface area contributed by atoms with Gasteiger partial charge in [0.1, 0.15) is 0 Å². The van der Waals surface area contributed by atoms with Crippen LogP contribution in [-0.2, 0) is 0 Å². The van der Waals surface area contributed by atoms with Crippen LogP contribution in [0, 0.1) is 0 Å². The van der Waals surface area contributed by atoms with E-state index in [4.69, 9.17) is 4.74 Å². The van der Waals surface area contributed by atoms with Crippen molar-refractivity contribution in [2.75, 3.05) is 13.6 Å². The van der Waals surface area contributed by atoms with E-state index in [-0.39, 0.29) is 24.2 Å². The molecule has 0 aromatic carbocycles. The first-order valence-electron chi connectivity index (χ1n) is 6.30. The maximum atomic E-state index is 12.3. The Morgan fingerprint density at radius 1 is 1.53 bits per heavy atom. The Labute approximate surface area is 114 Å². The lowest BCUT2D eigenvalue weighted by Gasteiger charge is -2.26. The lowest BCUT2D eigenvalue weighted by molar-refractivity contribution is 0.0361. The Morgan fingerprint density at radius 3 is 2.68 bits per heavy atom. The molecule has 1 amide bonds. The zero-order valence-electron chi connectivity index (χ0n) is 12.2. The van der Waals surface area contributed by atoms with E-state index in [1.807, 2.05) is 13.8 Å². The molecule has 0 bridgehead atoms. The maximum absolute atomic E-state index is 12.3. The fourth-order valence-electron chi connectivity index (χ4n) is 1.73. The standard InChI is InChI=1S/C14H22N2O3/c1-10(2)19-11-7-6-8-15-12(11)13(17)16(5)9-14(3,4)18/h6-8,10,18H,9H2,1-5H3. The molecular weight excluding hydrogens is 244 g/mol. The van der Waals surface area contributed by atoms with Crippen LogP contribution in [0.5, 0.6) is 5.75 Å². The topological polar surface area (TPSA) is 62.7 Å². The van der Waals surface area contributed by atoms with Crippen LogP contribution in [0.1, 0.15) is 38.2 Å². The van der Waals surface area contributed by atoms with E-state index in [1.165, 1.54) is 4.90 Å². The van der Waals surface area contributed by atoms with E-state index in [2.05, 4.69) is 4.98 Å². The normalized spacial score (nSPS) is 11.5. The average Bonchev–Trinajstić information content (AvgIpc) is 2.25. The molecule has 1 aromatic rings. The molecule has 1 heterocycles. The highest BCUT2D eigenvalue weighted by Gasteiger charge is 2.23. The number of hydrogen-bond donors (Lipinski definition) is 1. The Bertz CT molecular complexity index is 439. The fraction of sp³-hybridized carbons (Fsp3) is 0.571. The highest BCUT2D eigenvalue weighted by Crippen LogP contribution is 2.19. The van der Waals surface area contributed by atoms with E-state index < -0.39 is 5.60 Å². The number of nitrogens with zero attached hydrogens (tertiary/aromatic N) is 2. The number of aliphatic hydroxyl groups is 1. The average molecular weight is 266 g/mol. The van der Waals surface area contributed by atoms with Crippen LogP contribution in [0.2, 0.25) is 0 Å². The summed E-state index contributed by atoms with van der Waals surface area (Å²) in [4.78, 5) is 17.8. The number of carbonyl (C=O) groups is 1. The van der Waals surface area contributed by atoms with Crippen LogP contribution in [-0.4, -0.2) is 46.2 Å². The summed E-state index contributed by atoms with van der Waals surface area (Å²) in [7, 11) is 1.63. The minimum absolute atomic E-state index is 0.0321. The molecule has 0 saturated heterocycles. The van der Waals surface area contributed by atoms with Crippen LogP contribution in [0.3, 0.4) is 0 Å². The SMILES string of the molecule is CC(C)Oc1cccnc1C(=O)N(C)CC(C)(C)O. The van der Waals surface area contributed by atoms with Crippen molar-refractivity contribution in [3.63, 3.8) is 0 Å². The van der Waals surface area contributed by atoms with Gasteiger partial charge >= 0.3 is 0 Å². The van der Waals surface area contributed by atoms with Gasteiger partial charge in [0, 0.05) is 19.8 Å². The van der Waals surface area contributed by atoms with Crippen LogP contribution in [0.15, 0.2) is 18.3 Å². The summed E-state index contributed by atoms with van der Waals surface area (Å²) in [6.45, 7) is 7.31. The van der Waals surface area contributed by atoms with Crippen LogP contribution < -0.4 is 4.74 Å². The second-order valence-corrected chi connectivity index (χ2v) is 5.49. The third-order valence-corrected chi connectivity index (χ3v) is 2.31. The Balaban J connectivity index is 2.93. The monoisotopic (exact) mass is 266 g/mol. The minimum atomic E-state index is -0.946.